The fraction of sp³-hybridized carbons (Fsp3) is 0.585. The third-order valence-electron chi connectivity index (χ3n) is 24.4. The molecule has 7 saturated heterocycles. The zero-order chi connectivity index (χ0) is 96.1. The van der Waals surface area contributed by atoms with Crippen molar-refractivity contribution in [3.63, 3.8) is 0 Å². The van der Waals surface area contributed by atoms with E-state index < -0.39 is 139 Å². The molecule has 742 valence electrons. The molecule has 0 aromatic heterocycles. The quantitative estimate of drug-likeness (QED) is 0.0241. The highest BCUT2D eigenvalue weighted by atomic mass is 35.5. The summed E-state index contributed by atoms with van der Waals surface area (Å²) in [5.74, 6) is -0.429. The molecule has 31 atom stereocenters. The summed E-state index contributed by atoms with van der Waals surface area (Å²) < 4.78 is 116. The molecule has 133 heavy (non-hydrogen) atoms. The fourth-order valence-corrected chi connectivity index (χ4v) is 18.3. The minimum atomic E-state index is -4.95. The van der Waals surface area contributed by atoms with Crippen LogP contribution in [0.25, 0.3) is 0 Å². The van der Waals surface area contributed by atoms with Crippen molar-refractivity contribution < 1.29 is 154 Å². The summed E-state index contributed by atoms with van der Waals surface area (Å²) in [6, 6.07) is 54.3. The van der Waals surface area contributed by atoms with Gasteiger partial charge in [-0.1, -0.05) is 238 Å². The topological polar surface area (TPSA) is 518 Å². The molecular formula is C94H137ClN4O32P2. The first-order chi connectivity index (χ1) is 63.0. The maximum Gasteiger partial charge on any atom is 0.475 e. The van der Waals surface area contributed by atoms with Crippen molar-refractivity contribution in [1.29, 1.82) is 0 Å². The van der Waals surface area contributed by atoms with Gasteiger partial charge in [0.1, 0.15) is 54.9 Å². The Balaban J connectivity index is 0.000000201. The molecule has 7 fully saturated rings. The van der Waals surface area contributed by atoms with Gasteiger partial charge >= 0.3 is 15.6 Å². The molecule has 0 bridgehead atoms. The molecule has 14 rings (SSSR count). The molecule has 0 aliphatic carbocycles. The maximum atomic E-state index is 13.5. The highest BCUT2D eigenvalue weighted by Gasteiger charge is 2.53. The van der Waals surface area contributed by atoms with Crippen LogP contribution in [0.15, 0.2) is 176 Å². The van der Waals surface area contributed by atoms with E-state index in [0.29, 0.717) is 51.8 Å². The molecule has 6 aromatic rings. The Labute approximate surface area is 783 Å². The SMILES string of the molecule is CC(=O)NC1C(O)OC(CO)[C@@H](OP(=O)(O)O)[C@@H]1O.CC1[C@H](OCc2ccccc2)OC2COC(c3ccccc3)O[C@H]2[C@@H]1C.CCC1O[C@@H](OCc2ccccc2)C(C)[C@@H](C)[C@@H]1O.CCC1O[C@@H](OCc2ccccc2)C(NC(C)=O)[C@@H](C)[C@@H]1O.CCC1O[C@@H](OCc2ccccc2)C(NC(C)=O)[C@@H](C)[C@@H]1OP1(=O)OCc2ccccc2CO1.Cl.NC1C(O)OC(CO)[C@@H](O)[C@@H]1O. The van der Waals surface area contributed by atoms with Crippen molar-refractivity contribution in [2.24, 2.45) is 41.2 Å². The highest BCUT2D eigenvalue weighted by molar-refractivity contribution is 7.48. The summed E-state index contributed by atoms with van der Waals surface area (Å²) in [5.41, 5.74) is 12.5. The van der Waals surface area contributed by atoms with E-state index in [1.807, 2.05) is 198 Å². The van der Waals surface area contributed by atoms with Gasteiger partial charge in [-0.05, 0) is 64.5 Å². The van der Waals surface area contributed by atoms with Crippen molar-refractivity contribution in [3.8, 4) is 0 Å². The second-order valence-electron chi connectivity index (χ2n) is 34.0. The number of ether oxygens (including phenoxy) is 12. The second kappa shape index (κ2) is 54.6. The molecule has 0 radical (unpaired) electrons. The van der Waals surface area contributed by atoms with E-state index in [1.165, 1.54) is 13.8 Å². The number of carbonyl (C=O) groups excluding carboxylic acids is 3. The van der Waals surface area contributed by atoms with E-state index in [0.717, 1.165) is 52.3 Å². The summed E-state index contributed by atoms with van der Waals surface area (Å²) in [6.07, 6.45) is -13.6. The Hall–Kier alpha value is -6.64. The number of halogens is 1. The predicted molar refractivity (Wildman–Crippen MR) is 485 cm³/mol. The molecule has 39 heteroatoms. The molecule has 3 amide bonds. The number of hydrogen-bond donors (Lipinski definition) is 15. The van der Waals surface area contributed by atoms with Crippen LogP contribution in [0.4, 0.5) is 0 Å². The van der Waals surface area contributed by atoms with Gasteiger partial charge in [0.2, 0.25) is 17.7 Å². The molecule has 36 nitrogen and oxygen atoms in total. The number of carbonyl (C=O) groups is 3. The third kappa shape index (κ3) is 32.7. The van der Waals surface area contributed by atoms with Crippen LogP contribution < -0.4 is 21.7 Å². The lowest BCUT2D eigenvalue weighted by molar-refractivity contribution is -0.344. The second-order valence-corrected chi connectivity index (χ2v) is 36.8. The minimum absolute atomic E-state index is 0. The number of amides is 3. The van der Waals surface area contributed by atoms with Crippen molar-refractivity contribution in [2.45, 2.75) is 296 Å². The van der Waals surface area contributed by atoms with E-state index in [-0.39, 0.29) is 116 Å². The van der Waals surface area contributed by atoms with Crippen LogP contribution in [0.3, 0.4) is 0 Å². The van der Waals surface area contributed by atoms with Gasteiger partial charge in [0.25, 0.3) is 0 Å². The number of fused-ring (bicyclic) bond motifs is 2. The number of aliphatic hydroxyl groups is 9. The number of aliphatic hydroxyl groups excluding tert-OH is 9. The van der Waals surface area contributed by atoms with E-state index in [9.17, 15) is 54.2 Å². The van der Waals surface area contributed by atoms with Crippen LogP contribution in [0.1, 0.15) is 148 Å². The summed E-state index contributed by atoms with van der Waals surface area (Å²) >= 11 is 0. The number of nitrogens with one attached hydrogen (secondary N) is 3. The molecule has 15 unspecified atom stereocenters. The number of nitrogens with two attached hydrogens (primary N) is 1. The Bertz CT molecular complexity index is 4430. The summed E-state index contributed by atoms with van der Waals surface area (Å²) in [5, 5.41) is 92.8. The van der Waals surface area contributed by atoms with Crippen molar-refractivity contribution >= 4 is 45.8 Å². The Morgan fingerprint density at radius 2 is 0.812 bits per heavy atom. The first kappa shape index (κ1) is 112. The van der Waals surface area contributed by atoms with Crippen molar-refractivity contribution in [3.05, 3.63) is 215 Å². The van der Waals surface area contributed by atoms with Gasteiger partial charge in [-0.3, -0.25) is 32.5 Å². The van der Waals surface area contributed by atoms with Gasteiger partial charge in [-0.25, -0.2) is 9.13 Å². The van der Waals surface area contributed by atoms with Crippen LogP contribution >= 0.6 is 28.1 Å². The summed E-state index contributed by atoms with van der Waals surface area (Å²) in [4.78, 5) is 51.8. The van der Waals surface area contributed by atoms with Crippen molar-refractivity contribution in [2.75, 3.05) is 19.8 Å². The molecule has 0 spiro atoms. The summed E-state index contributed by atoms with van der Waals surface area (Å²) in [6.45, 7) is 23.8. The maximum absolute atomic E-state index is 13.5. The van der Waals surface area contributed by atoms with Crippen LogP contribution in [0.5, 0.6) is 0 Å². The standard InChI is InChI=1S/C25H32NO7P.C22H26O4.C17H25NO4.C16H24O3.C8H16NO9P.C6H13NO5.ClH/c1-4-22-24(33-34(28)30-15-20-12-8-9-13-21(20)16-31-34)17(2)23(26-18(3)27)25(32-22)29-14-19-10-6-5-7-11-19;1-15-16(2)21(23-13-17-9-5-3-6-10-17)25-19-14-24-22(26-20(15)19)18-11-7-4-8-12-18;1-4-14-16(20)11(2)15(18-12(3)19)17(22-14)21-10-13-8-6-5-7-9-13;1-4-14-15(17)11(2)12(3)16(19-14)18-10-13-8-6-5-7-9-13;1-3(11)9-5-6(12)7(18-19(14,15)16)4(2-10)17-8(5)13;7-3-5(10)4(9)2(1-8)12-6(3)11;/h5-13,17,22-25H,4,14-16H2,1-3H3,(H,26,27);3-12,15-16,19-22H,13-14H2,1-2H3;5-9,11,14-17,20H,4,10H2,1-3H3,(H,18,19);5-9,11-12,14-17H,4,10H2,1-3H3;4-8,10,12-13H,2H2,1H3,(H,9,11)(H2,14,15,16);2-6,8-11H,1,7H2;1H/t17-,22?,23?,24+,25-;15-,16?,19?,20+,21-,22?;11-,14?,15?,16+,17-;11-,12?,14?,15+,16-;4?,5?,6-,7-,8?;2?,3?,4-,5-,6?;/m111111./s1. The lowest BCUT2D eigenvalue weighted by Gasteiger charge is -2.48. The van der Waals surface area contributed by atoms with E-state index in [2.05, 4.69) is 60.3 Å². The van der Waals surface area contributed by atoms with Gasteiger partial charge in [0.05, 0.1) is 114 Å². The van der Waals surface area contributed by atoms with Crippen LogP contribution in [-0.4, -0.2) is 241 Å². The Kier molecular flexibility index (Phi) is 45.9. The minimum Gasteiger partial charge on any atom is -0.394 e. The molecule has 8 aliphatic heterocycles. The fourth-order valence-electron chi connectivity index (χ4n) is 16.3. The first-order valence-electron chi connectivity index (χ1n) is 44.8. The molecular weight excluding hydrogens is 1790 g/mol. The van der Waals surface area contributed by atoms with Gasteiger partial charge in [0.15, 0.2) is 44.0 Å². The molecule has 8 aliphatic rings. The van der Waals surface area contributed by atoms with Crippen molar-refractivity contribution in [1.82, 2.24) is 16.0 Å². The largest absolute Gasteiger partial charge is 0.475 e. The highest BCUT2D eigenvalue weighted by Crippen LogP contribution is 2.56. The average Bonchev–Trinajstić information content (AvgIpc) is 1.52. The number of benzene rings is 6. The van der Waals surface area contributed by atoms with E-state index >= 15 is 0 Å². The Morgan fingerprint density at radius 3 is 1.25 bits per heavy atom. The zero-order valence-corrected chi connectivity index (χ0v) is 79.6. The Morgan fingerprint density at radius 1 is 0.429 bits per heavy atom. The molecule has 16 N–H and O–H groups in total. The molecule has 0 saturated carbocycles. The lowest BCUT2D eigenvalue weighted by Crippen LogP contribution is -2.64. The normalized spacial score (nSPS) is 33.8. The number of phosphoric acid groups is 2. The average molecular weight is 1930 g/mol. The zero-order valence-electron chi connectivity index (χ0n) is 77.0. The molecule has 8 heterocycles. The van der Waals surface area contributed by atoms with Gasteiger partial charge in [-0.2, -0.15) is 0 Å². The van der Waals surface area contributed by atoms with E-state index in [4.69, 9.17) is 101 Å². The van der Waals surface area contributed by atoms with Crippen LogP contribution in [0.2, 0.25) is 0 Å². The number of hydrogen-bond acceptors (Lipinski definition) is 31. The van der Waals surface area contributed by atoms with Gasteiger partial charge in [-0.15, -0.1) is 12.4 Å². The monoisotopic (exact) mass is 1930 g/mol. The van der Waals surface area contributed by atoms with Gasteiger partial charge in [0, 0.05) is 50.0 Å². The van der Waals surface area contributed by atoms with Crippen LogP contribution in [-0.2, 0) is 138 Å². The lowest BCUT2D eigenvalue weighted by atomic mass is 9.84. The van der Waals surface area contributed by atoms with Gasteiger partial charge < -0.3 is 134 Å². The predicted octanol–water partition coefficient (Wildman–Crippen LogP) is 8.05. The van der Waals surface area contributed by atoms with E-state index in [1.54, 1.807) is 0 Å². The summed E-state index contributed by atoms with van der Waals surface area (Å²) in [7, 11) is -8.82. The number of rotatable bonds is 25. The third-order valence-corrected chi connectivity index (χ3v) is 26.3. The molecule has 6 aromatic carbocycles. The first-order valence-corrected chi connectivity index (χ1v) is 47.8. The smallest absolute Gasteiger partial charge is 0.394 e. The van der Waals surface area contributed by atoms with Crippen LogP contribution in [0, 0.1) is 35.5 Å². The number of phosphoric ester groups is 2.